The Bertz CT molecular complexity index is 1250. The second kappa shape index (κ2) is 5.55. The van der Waals surface area contributed by atoms with Crippen molar-refractivity contribution in [1.82, 2.24) is 9.55 Å². The molecule has 128 valence electrons. The summed E-state index contributed by atoms with van der Waals surface area (Å²) in [6, 6.07) is 14.0. The van der Waals surface area contributed by atoms with Crippen LogP contribution in [0.15, 0.2) is 59.4 Å². The highest BCUT2D eigenvalue weighted by Crippen LogP contribution is 2.27. The molecule has 4 rings (SSSR count). The number of pyridine rings is 1. The van der Waals surface area contributed by atoms with Gasteiger partial charge in [0.2, 0.25) is 0 Å². The molecule has 0 amide bonds. The number of hydrogen-bond acceptors (Lipinski definition) is 4. The second-order valence-corrected chi connectivity index (χ2v) is 5.71. The average molecular weight is 349 g/mol. The van der Waals surface area contributed by atoms with Crippen LogP contribution in [-0.2, 0) is 0 Å². The average Bonchev–Trinajstić information content (AvgIpc) is 2.99. The molecule has 0 fully saturated rings. The van der Waals surface area contributed by atoms with Crippen LogP contribution < -0.4 is 5.56 Å². The van der Waals surface area contributed by atoms with Gasteiger partial charge in [-0.25, -0.2) is 4.79 Å². The molecule has 8 heteroatoms. The van der Waals surface area contributed by atoms with Crippen LogP contribution in [0.5, 0.6) is 0 Å². The number of nitro benzene ring substituents is 1. The zero-order valence-electron chi connectivity index (χ0n) is 13.2. The number of rotatable bonds is 3. The van der Waals surface area contributed by atoms with E-state index in [1.165, 1.54) is 34.9 Å². The molecule has 2 heterocycles. The predicted molar refractivity (Wildman–Crippen MR) is 95.0 cm³/mol. The highest BCUT2D eigenvalue weighted by molar-refractivity contribution is 6.07. The van der Waals surface area contributed by atoms with Crippen molar-refractivity contribution in [2.75, 3.05) is 0 Å². The third-order valence-corrected chi connectivity index (χ3v) is 4.20. The standard InChI is InChI=1S/C18H11N3O5/c22-17-13(18(23)24)9-15-16(12-3-1-2-4-14(12)19-15)20(17)10-5-7-11(8-6-10)21(25)26/h1-9,19H,(H,23,24). The van der Waals surface area contributed by atoms with Gasteiger partial charge in [-0.05, 0) is 24.3 Å². The quantitative estimate of drug-likeness (QED) is 0.435. The molecule has 0 radical (unpaired) electrons. The number of carboxylic acids is 1. The van der Waals surface area contributed by atoms with E-state index < -0.39 is 16.5 Å². The summed E-state index contributed by atoms with van der Waals surface area (Å²) in [5.41, 5.74) is 0.891. The minimum Gasteiger partial charge on any atom is -0.477 e. The second-order valence-electron chi connectivity index (χ2n) is 5.71. The summed E-state index contributed by atoms with van der Waals surface area (Å²) in [4.78, 5) is 37.7. The first-order valence-electron chi connectivity index (χ1n) is 7.62. The van der Waals surface area contributed by atoms with Crippen molar-refractivity contribution in [3.63, 3.8) is 0 Å². The lowest BCUT2D eigenvalue weighted by atomic mass is 10.1. The number of nitrogens with zero attached hydrogens (tertiary/aromatic N) is 2. The van der Waals surface area contributed by atoms with Gasteiger partial charge >= 0.3 is 5.97 Å². The van der Waals surface area contributed by atoms with E-state index in [9.17, 15) is 24.8 Å². The Morgan fingerprint density at radius 3 is 2.42 bits per heavy atom. The normalized spacial score (nSPS) is 11.1. The van der Waals surface area contributed by atoms with Crippen molar-refractivity contribution in [3.8, 4) is 5.69 Å². The van der Waals surface area contributed by atoms with Crippen molar-refractivity contribution in [3.05, 3.63) is 80.6 Å². The Hall–Kier alpha value is -3.94. The highest BCUT2D eigenvalue weighted by Gasteiger charge is 2.19. The lowest BCUT2D eigenvalue weighted by Crippen LogP contribution is -2.25. The van der Waals surface area contributed by atoms with Crippen LogP contribution in [0.3, 0.4) is 0 Å². The van der Waals surface area contributed by atoms with Gasteiger partial charge < -0.3 is 10.1 Å². The highest BCUT2D eigenvalue weighted by atomic mass is 16.6. The topological polar surface area (TPSA) is 118 Å². The van der Waals surface area contributed by atoms with Crippen LogP contribution in [0.25, 0.3) is 27.6 Å². The zero-order valence-corrected chi connectivity index (χ0v) is 13.2. The molecule has 2 aromatic carbocycles. The lowest BCUT2D eigenvalue weighted by Gasteiger charge is -2.10. The maximum atomic E-state index is 12.8. The first-order valence-corrected chi connectivity index (χ1v) is 7.62. The third-order valence-electron chi connectivity index (χ3n) is 4.20. The van der Waals surface area contributed by atoms with Crippen LogP contribution >= 0.6 is 0 Å². The molecule has 2 N–H and O–H groups in total. The number of hydrogen-bond donors (Lipinski definition) is 2. The Kier molecular flexibility index (Phi) is 3.33. The first-order chi connectivity index (χ1) is 12.5. The van der Waals surface area contributed by atoms with Gasteiger partial charge in [0.25, 0.3) is 11.2 Å². The number of aromatic amines is 1. The molecule has 0 aliphatic rings. The van der Waals surface area contributed by atoms with Crippen LogP contribution in [-0.4, -0.2) is 25.6 Å². The summed E-state index contributed by atoms with van der Waals surface area (Å²) < 4.78 is 1.27. The fourth-order valence-electron chi connectivity index (χ4n) is 3.04. The van der Waals surface area contributed by atoms with E-state index in [-0.39, 0.29) is 11.3 Å². The maximum absolute atomic E-state index is 12.8. The molecule has 0 atom stereocenters. The number of aromatic carboxylic acids is 1. The van der Waals surface area contributed by atoms with Gasteiger partial charge in [0.05, 0.1) is 16.0 Å². The molecule has 0 unspecified atom stereocenters. The van der Waals surface area contributed by atoms with E-state index in [1.54, 1.807) is 0 Å². The molecular formula is C18H11N3O5. The Balaban J connectivity index is 2.14. The van der Waals surface area contributed by atoms with Crippen molar-refractivity contribution in [1.29, 1.82) is 0 Å². The van der Waals surface area contributed by atoms with E-state index >= 15 is 0 Å². The minimum absolute atomic E-state index is 0.119. The Labute approximate surface area is 145 Å². The summed E-state index contributed by atoms with van der Waals surface area (Å²) in [6.07, 6.45) is 0. The molecule has 0 saturated heterocycles. The Morgan fingerprint density at radius 1 is 1.08 bits per heavy atom. The molecule has 0 aliphatic heterocycles. The molecule has 0 spiro atoms. The molecule has 4 aromatic rings. The van der Waals surface area contributed by atoms with E-state index in [4.69, 9.17) is 0 Å². The van der Waals surface area contributed by atoms with Gasteiger partial charge in [0.1, 0.15) is 5.56 Å². The molecule has 0 saturated carbocycles. The number of H-pyrrole nitrogens is 1. The van der Waals surface area contributed by atoms with Crippen molar-refractivity contribution in [2.45, 2.75) is 0 Å². The van der Waals surface area contributed by atoms with Crippen LogP contribution in [0.4, 0.5) is 5.69 Å². The van der Waals surface area contributed by atoms with E-state index in [0.717, 1.165) is 10.9 Å². The number of para-hydroxylation sites is 1. The monoisotopic (exact) mass is 349 g/mol. The number of fused-ring (bicyclic) bond motifs is 3. The van der Waals surface area contributed by atoms with E-state index in [0.29, 0.717) is 16.7 Å². The minimum atomic E-state index is -1.34. The molecule has 0 aliphatic carbocycles. The smallest absolute Gasteiger partial charge is 0.341 e. The van der Waals surface area contributed by atoms with Gasteiger partial charge in [-0.3, -0.25) is 19.5 Å². The molecular weight excluding hydrogens is 338 g/mol. The third kappa shape index (κ3) is 2.24. The zero-order chi connectivity index (χ0) is 18.4. The summed E-state index contributed by atoms with van der Waals surface area (Å²) in [6.45, 7) is 0. The number of carboxylic acid groups (broad SMARTS) is 1. The number of aromatic nitrogens is 2. The van der Waals surface area contributed by atoms with Gasteiger partial charge in [0, 0.05) is 28.7 Å². The van der Waals surface area contributed by atoms with E-state index in [1.807, 2.05) is 24.3 Å². The van der Waals surface area contributed by atoms with Crippen molar-refractivity contribution >= 4 is 33.6 Å². The van der Waals surface area contributed by atoms with Gasteiger partial charge in [-0.2, -0.15) is 0 Å². The van der Waals surface area contributed by atoms with Crippen LogP contribution in [0, 0.1) is 10.1 Å². The van der Waals surface area contributed by atoms with Crippen LogP contribution in [0.2, 0.25) is 0 Å². The molecule has 0 bridgehead atoms. The summed E-state index contributed by atoms with van der Waals surface area (Å²) in [5, 5.41) is 21.0. The number of nitrogens with one attached hydrogen (secondary N) is 1. The maximum Gasteiger partial charge on any atom is 0.341 e. The molecule has 2 aromatic heterocycles. The number of non-ortho nitro benzene ring substituents is 1. The fourth-order valence-corrected chi connectivity index (χ4v) is 3.04. The molecule has 26 heavy (non-hydrogen) atoms. The van der Waals surface area contributed by atoms with Gasteiger partial charge in [-0.15, -0.1) is 0 Å². The predicted octanol–water partition coefficient (Wildman–Crippen LogP) is 3.08. The van der Waals surface area contributed by atoms with Gasteiger partial charge in [0.15, 0.2) is 0 Å². The SMILES string of the molecule is O=C(O)c1cc2[nH]c3ccccc3c2n(-c2ccc([N+](=O)[O-])cc2)c1=O. The van der Waals surface area contributed by atoms with Gasteiger partial charge in [-0.1, -0.05) is 18.2 Å². The lowest BCUT2D eigenvalue weighted by molar-refractivity contribution is -0.384. The molecule has 8 nitrogen and oxygen atoms in total. The number of nitro groups is 1. The summed E-state index contributed by atoms with van der Waals surface area (Å²) in [5.74, 6) is -1.34. The summed E-state index contributed by atoms with van der Waals surface area (Å²) in [7, 11) is 0. The van der Waals surface area contributed by atoms with Crippen molar-refractivity contribution < 1.29 is 14.8 Å². The van der Waals surface area contributed by atoms with E-state index in [2.05, 4.69) is 4.98 Å². The fraction of sp³-hybridized carbons (Fsp3) is 0. The van der Waals surface area contributed by atoms with Crippen molar-refractivity contribution in [2.24, 2.45) is 0 Å². The Morgan fingerprint density at radius 2 is 1.77 bits per heavy atom. The first kappa shape index (κ1) is 15.6. The number of carbonyl (C=O) groups is 1. The van der Waals surface area contributed by atoms with Crippen LogP contribution in [0.1, 0.15) is 10.4 Å². The summed E-state index contributed by atoms with van der Waals surface area (Å²) >= 11 is 0. The number of benzene rings is 2. The largest absolute Gasteiger partial charge is 0.477 e.